The van der Waals surface area contributed by atoms with Crippen molar-refractivity contribution in [1.29, 1.82) is 0 Å². The number of amides is 1. The highest BCUT2D eigenvalue weighted by Gasteiger charge is 2.33. The number of halogens is 2. The summed E-state index contributed by atoms with van der Waals surface area (Å²) in [6.45, 7) is 0. The minimum atomic E-state index is -0.908. The van der Waals surface area contributed by atoms with Crippen LogP contribution in [0.1, 0.15) is 24.8 Å². The average molecular weight is 328 g/mol. The third-order valence-electron chi connectivity index (χ3n) is 3.31. The molecule has 4 nitrogen and oxygen atoms in total. The van der Waals surface area contributed by atoms with E-state index in [0.717, 1.165) is 12.8 Å². The Labute approximate surface area is 132 Å². The lowest BCUT2D eigenvalue weighted by Gasteiger charge is -2.14. The van der Waals surface area contributed by atoms with Crippen LogP contribution in [0.15, 0.2) is 24.3 Å². The van der Waals surface area contributed by atoms with Gasteiger partial charge in [-0.25, -0.2) is 0 Å². The molecule has 1 unspecified atom stereocenters. The van der Waals surface area contributed by atoms with Crippen molar-refractivity contribution in [2.75, 3.05) is 0 Å². The van der Waals surface area contributed by atoms with Gasteiger partial charge in [0.05, 0.1) is 16.5 Å². The summed E-state index contributed by atoms with van der Waals surface area (Å²) in [5.41, 5.74) is 0.639. The number of hydrogen-bond donors (Lipinski definition) is 2. The number of carboxylic acid groups (broad SMARTS) is 1. The monoisotopic (exact) mass is 327 g/mol. The third-order valence-corrected chi connectivity index (χ3v) is 4.14. The molecule has 1 fully saturated rings. The van der Waals surface area contributed by atoms with Gasteiger partial charge in [-0.3, -0.25) is 9.59 Å². The fourth-order valence-corrected chi connectivity index (χ4v) is 2.44. The van der Waals surface area contributed by atoms with Crippen LogP contribution in [0, 0.1) is 5.92 Å². The molecular weight excluding hydrogens is 313 g/mol. The summed E-state index contributed by atoms with van der Waals surface area (Å²) in [7, 11) is 0. The second-order valence-electron chi connectivity index (χ2n) is 5.03. The minimum Gasteiger partial charge on any atom is -0.481 e. The fourth-order valence-electron chi connectivity index (χ4n) is 2.07. The van der Waals surface area contributed by atoms with Gasteiger partial charge in [-0.15, -0.1) is 0 Å². The van der Waals surface area contributed by atoms with Crippen molar-refractivity contribution in [3.05, 3.63) is 39.9 Å². The van der Waals surface area contributed by atoms with Crippen molar-refractivity contribution >= 4 is 41.2 Å². The van der Waals surface area contributed by atoms with Crippen molar-refractivity contribution in [2.24, 2.45) is 5.92 Å². The molecule has 1 aliphatic carbocycles. The molecule has 0 aliphatic heterocycles. The van der Waals surface area contributed by atoms with Gasteiger partial charge in [0.15, 0.2) is 0 Å². The van der Waals surface area contributed by atoms with Crippen molar-refractivity contribution in [1.82, 2.24) is 5.32 Å². The molecule has 0 radical (unpaired) electrons. The van der Waals surface area contributed by atoms with Gasteiger partial charge in [-0.1, -0.05) is 35.3 Å². The topological polar surface area (TPSA) is 66.4 Å². The van der Waals surface area contributed by atoms with E-state index in [-0.39, 0.29) is 24.3 Å². The van der Waals surface area contributed by atoms with Crippen LogP contribution >= 0.6 is 23.2 Å². The molecule has 112 valence electrons. The zero-order chi connectivity index (χ0) is 15.4. The molecule has 1 aliphatic rings. The van der Waals surface area contributed by atoms with Gasteiger partial charge in [0.25, 0.3) is 0 Å². The standard InChI is InChI=1S/C15H15Cl2NO3/c16-11-3-1-2-10(15(11)17)6-7-13(19)18-12(8-14(20)21)9-4-5-9/h1-3,6-7,9,12H,4-5,8H2,(H,18,19)(H,20,21)/b7-6+. The number of carboxylic acids is 1. The molecule has 0 spiro atoms. The Morgan fingerprint density at radius 2 is 2.10 bits per heavy atom. The molecule has 2 N–H and O–H groups in total. The van der Waals surface area contributed by atoms with Gasteiger partial charge in [0.1, 0.15) is 0 Å². The number of carbonyl (C=O) groups is 2. The first-order valence-corrected chi connectivity index (χ1v) is 7.37. The SMILES string of the molecule is O=C(O)CC(NC(=O)/C=C/c1cccc(Cl)c1Cl)C1CC1. The maximum atomic E-state index is 11.9. The third kappa shape index (κ3) is 4.76. The summed E-state index contributed by atoms with van der Waals surface area (Å²) in [5.74, 6) is -0.966. The molecule has 1 saturated carbocycles. The van der Waals surface area contributed by atoms with Crippen molar-refractivity contribution < 1.29 is 14.7 Å². The highest BCUT2D eigenvalue weighted by atomic mass is 35.5. The summed E-state index contributed by atoms with van der Waals surface area (Å²) in [5, 5.41) is 12.4. The average Bonchev–Trinajstić information content (AvgIpc) is 3.23. The predicted octanol–water partition coefficient (Wildman–Crippen LogP) is 3.38. The maximum Gasteiger partial charge on any atom is 0.305 e. The highest BCUT2D eigenvalue weighted by Crippen LogP contribution is 2.34. The van der Waals surface area contributed by atoms with E-state index in [1.807, 2.05) is 0 Å². The molecule has 0 aromatic heterocycles. The summed E-state index contributed by atoms with van der Waals surface area (Å²) >= 11 is 11.9. The van der Waals surface area contributed by atoms with E-state index in [1.54, 1.807) is 24.3 Å². The summed E-state index contributed by atoms with van der Waals surface area (Å²) in [6.07, 6.45) is 4.77. The van der Waals surface area contributed by atoms with E-state index < -0.39 is 5.97 Å². The van der Waals surface area contributed by atoms with Crippen LogP contribution in [0.25, 0.3) is 6.08 Å². The molecule has 1 aromatic carbocycles. The maximum absolute atomic E-state index is 11.9. The number of rotatable bonds is 6. The molecule has 0 bridgehead atoms. The van der Waals surface area contributed by atoms with Crippen LogP contribution in [0.5, 0.6) is 0 Å². The van der Waals surface area contributed by atoms with E-state index in [4.69, 9.17) is 28.3 Å². The zero-order valence-electron chi connectivity index (χ0n) is 11.2. The number of benzene rings is 1. The molecule has 0 saturated heterocycles. The second-order valence-corrected chi connectivity index (χ2v) is 5.81. The van der Waals surface area contributed by atoms with Crippen LogP contribution in [-0.4, -0.2) is 23.0 Å². The lowest BCUT2D eigenvalue weighted by Crippen LogP contribution is -2.37. The lowest BCUT2D eigenvalue weighted by molar-refractivity contribution is -0.137. The molecule has 1 amide bonds. The first-order valence-electron chi connectivity index (χ1n) is 6.61. The zero-order valence-corrected chi connectivity index (χ0v) is 12.7. The van der Waals surface area contributed by atoms with E-state index in [1.165, 1.54) is 6.08 Å². The van der Waals surface area contributed by atoms with Gasteiger partial charge in [-0.2, -0.15) is 0 Å². The quantitative estimate of drug-likeness (QED) is 0.787. The van der Waals surface area contributed by atoms with Gasteiger partial charge < -0.3 is 10.4 Å². The smallest absolute Gasteiger partial charge is 0.305 e. The number of carbonyl (C=O) groups excluding carboxylic acids is 1. The largest absolute Gasteiger partial charge is 0.481 e. The van der Waals surface area contributed by atoms with E-state index in [9.17, 15) is 9.59 Å². The van der Waals surface area contributed by atoms with Gasteiger partial charge >= 0.3 is 5.97 Å². The molecule has 0 heterocycles. The Hall–Kier alpha value is -1.52. The summed E-state index contributed by atoms with van der Waals surface area (Å²) in [4.78, 5) is 22.7. The Balaban J connectivity index is 1.98. The summed E-state index contributed by atoms with van der Waals surface area (Å²) in [6, 6.07) is 4.84. The Morgan fingerprint density at radius 3 is 2.71 bits per heavy atom. The van der Waals surface area contributed by atoms with E-state index in [2.05, 4.69) is 5.32 Å². The van der Waals surface area contributed by atoms with Crippen LogP contribution in [-0.2, 0) is 9.59 Å². The molecular formula is C15H15Cl2NO3. The summed E-state index contributed by atoms with van der Waals surface area (Å²) < 4.78 is 0. The second kappa shape index (κ2) is 6.96. The van der Waals surface area contributed by atoms with Crippen LogP contribution in [0.2, 0.25) is 10.0 Å². The molecule has 6 heteroatoms. The molecule has 1 aromatic rings. The lowest BCUT2D eigenvalue weighted by atomic mass is 10.1. The Kier molecular flexibility index (Phi) is 5.26. The van der Waals surface area contributed by atoms with E-state index in [0.29, 0.717) is 15.6 Å². The minimum absolute atomic E-state index is 0.0534. The molecule has 21 heavy (non-hydrogen) atoms. The van der Waals surface area contributed by atoms with Crippen molar-refractivity contribution in [3.63, 3.8) is 0 Å². The molecule has 2 rings (SSSR count). The van der Waals surface area contributed by atoms with Crippen LogP contribution < -0.4 is 5.32 Å². The van der Waals surface area contributed by atoms with Crippen LogP contribution in [0.4, 0.5) is 0 Å². The Bertz CT molecular complexity index is 582. The van der Waals surface area contributed by atoms with E-state index >= 15 is 0 Å². The number of nitrogens with one attached hydrogen (secondary N) is 1. The number of hydrogen-bond acceptors (Lipinski definition) is 2. The van der Waals surface area contributed by atoms with Crippen LogP contribution in [0.3, 0.4) is 0 Å². The highest BCUT2D eigenvalue weighted by molar-refractivity contribution is 6.42. The first-order chi connectivity index (χ1) is 9.97. The van der Waals surface area contributed by atoms with Gasteiger partial charge in [0, 0.05) is 12.1 Å². The number of aliphatic carboxylic acids is 1. The van der Waals surface area contributed by atoms with Crippen molar-refractivity contribution in [2.45, 2.75) is 25.3 Å². The van der Waals surface area contributed by atoms with Gasteiger partial charge in [0.2, 0.25) is 5.91 Å². The van der Waals surface area contributed by atoms with Crippen molar-refractivity contribution in [3.8, 4) is 0 Å². The van der Waals surface area contributed by atoms with Gasteiger partial charge in [-0.05, 0) is 36.5 Å². The normalized spacial score (nSPS) is 15.9. The first kappa shape index (κ1) is 15.9. The Morgan fingerprint density at radius 1 is 1.38 bits per heavy atom. The predicted molar refractivity (Wildman–Crippen MR) is 82.4 cm³/mol. The molecule has 1 atom stereocenters. The fraction of sp³-hybridized carbons (Fsp3) is 0.333.